The van der Waals surface area contributed by atoms with E-state index in [0.717, 1.165) is 25.6 Å². The van der Waals surface area contributed by atoms with Crippen LogP contribution in [0.3, 0.4) is 0 Å². The predicted molar refractivity (Wildman–Crippen MR) is 89.8 cm³/mol. The van der Waals surface area contributed by atoms with Gasteiger partial charge < -0.3 is 10.8 Å². The zero-order valence-corrected chi connectivity index (χ0v) is 14.4. The Labute approximate surface area is 136 Å². The normalized spacial score (nSPS) is 14.1. The lowest BCUT2D eigenvalue weighted by molar-refractivity contribution is 0.147. The molecule has 0 aliphatic carbocycles. The van der Waals surface area contributed by atoms with Gasteiger partial charge in [0, 0.05) is 21.4 Å². The van der Waals surface area contributed by atoms with Gasteiger partial charge in [0.2, 0.25) is 0 Å². The third-order valence-corrected chi connectivity index (χ3v) is 4.88. The lowest BCUT2D eigenvalue weighted by Crippen LogP contribution is -2.20. The van der Waals surface area contributed by atoms with Crippen molar-refractivity contribution in [2.45, 2.75) is 18.9 Å². The fourth-order valence-corrected chi connectivity index (χ4v) is 2.75. The molecule has 2 aromatic rings. The summed E-state index contributed by atoms with van der Waals surface area (Å²) in [5, 5.41) is 10.6. The minimum Gasteiger partial charge on any atom is -0.388 e. The van der Waals surface area contributed by atoms with Crippen molar-refractivity contribution in [3.63, 3.8) is 0 Å². The fraction of sp³-hybridized carbons (Fsp3) is 0.250. The van der Waals surface area contributed by atoms with Crippen LogP contribution in [0, 0.1) is 6.92 Å². The Hall–Kier alpha value is -0.680. The van der Waals surface area contributed by atoms with E-state index in [9.17, 15) is 5.11 Å². The number of hydrogen-bond acceptors (Lipinski definition) is 2. The number of rotatable bonds is 4. The molecule has 2 unspecified atom stereocenters. The molecule has 0 fully saturated rings. The largest absolute Gasteiger partial charge is 0.388 e. The molecule has 2 rings (SSSR count). The summed E-state index contributed by atoms with van der Waals surface area (Å²) in [6.45, 7) is 2.41. The average Bonchev–Trinajstić information content (AvgIpc) is 2.44. The molecule has 2 atom stereocenters. The summed E-state index contributed by atoms with van der Waals surface area (Å²) in [5.74, 6) is -0.108. The molecule has 0 saturated carbocycles. The maximum Gasteiger partial charge on any atom is 0.0870 e. The summed E-state index contributed by atoms with van der Waals surface area (Å²) in [4.78, 5) is 0. The maximum atomic E-state index is 10.6. The van der Waals surface area contributed by atoms with Crippen molar-refractivity contribution in [2.24, 2.45) is 5.73 Å². The van der Waals surface area contributed by atoms with Gasteiger partial charge in [-0.3, -0.25) is 0 Å². The SMILES string of the molecule is Cc1cc(C(O)C(CN)c2ccc(Br)cc2)ccc1Br. The van der Waals surface area contributed by atoms with Crippen LogP contribution in [-0.2, 0) is 0 Å². The molecule has 0 saturated heterocycles. The van der Waals surface area contributed by atoms with Crippen molar-refractivity contribution in [3.8, 4) is 0 Å². The van der Waals surface area contributed by atoms with Gasteiger partial charge >= 0.3 is 0 Å². The van der Waals surface area contributed by atoms with Crippen LogP contribution in [0.15, 0.2) is 51.4 Å². The van der Waals surface area contributed by atoms with Gasteiger partial charge in [0.05, 0.1) is 6.10 Å². The Morgan fingerprint density at radius 2 is 1.65 bits per heavy atom. The monoisotopic (exact) mass is 397 g/mol. The van der Waals surface area contributed by atoms with E-state index in [0.29, 0.717) is 6.54 Å². The van der Waals surface area contributed by atoms with Crippen LogP contribution in [0.1, 0.15) is 28.7 Å². The van der Waals surface area contributed by atoms with Gasteiger partial charge in [-0.2, -0.15) is 0 Å². The molecule has 106 valence electrons. The van der Waals surface area contributed by atoms with E-state index >= 15 is 0 Å². The average molecular weight is 399 g/mol. The molecule has 0 aromatic heterocycles. The molecule has 0 aliphatic heterocycles. The van der Waals surface area contributed by atoms with Crippen LogP contribution in [0.25, 0.3) is 0 Å². The van der Waals surface area contributed by atoms with E-state index in [2.05, 4.69) is 31.9 Å². The van der Waals surface area contributed by atoms with Crippen molar-refractivity contribution < 1.29 is 5.11 Å². The van der Waals surface area contributed by atoms with Crippen molar-refractivity contribution >= 4 is 31.9 Å². The molecule has 2 aromatic carbocycles. The lowest BCUT2D eigenvalue weighted by atomic mass is 9.89. The minimum absolute atomic E-state index is 0.108. The summed E-state index contributed by atoms with van der Waals surface area (Å²) in [6, 6.07) is 13.8. The van der Waals surface area contributed by atoms with Gasteiger partial charge in [-0.25, -0.2) is 0 Å². The zero-order chi connectivity index (χ0) is 14.7. The Morgan fingerprint density at radius 3 is 2.20 bits per heavy atom. The molecule has 0 heterocycles. The molecule has 0 bridgehead atoms. The highest BCUT2D eigenvalue weighted by atomic mass is 79.9. The number of benzene rings is 2. The summed E-state index contributed by atoms with van der Waals surface area (Å²) >= 11 is 6.89. The second kappa shape index (κ2) is 6.85. The van der Waals surface area contributed by atoms with E-state index in [-0.39, 0.29) is 5.92 Å². The Morgan fingerprint density at radius 1 is 1.05 bits per heavy atom. The smallest absolute Gasteiger partial charge is 0.0870 e. The molecule has 3 N–H and O–H groups in total. The van der Waals surface area contributed by atoms with Gasteiger partial charge in [-0.15, -0.1) is 0 Å². The molecule has 20 heavy (non-hydrogen) atoms. The second-order valence-corrected chi connectivity index (χ2v) is 6.62. The van der Waals surface area contributed by atoms with E-state index < -0.39 is 6.10 Å². The van der Waals surface area contributed by atoms with Gasteiger partial charge in [0.25, 0.3) is 0 Å². The van der Waals surface area contributed by atoms with Crippen LogP contribution in [0.4, 0.5) is 0 Å². The molecule has 2 nitrogen and oxygen atoms in total. The first-order valence-electron chi connectivity index (χ1n) is 6.42. The van der Waals surface area contributed by atoms with Crippen LogP contribution < -0.4 is 5.73 Å². The first-order chi connectivity index (χ1) is 9.52. The molecule has 0 radical (unpaired) electrons. The van der Waals surface area contributed by atoms with E-state index in [1.807, 2.05) is 49.4 Å². The van der Waals surface area contributed by atoms with Crippen LogP contribution in [0.5, 0.6) is 0 Å². The van der Waals surface area contributed by atoms with Crippen LogP contribution >= 0.6 is 31.9 Å². The second-order valence-electron chi connectivity index (χ2n) is 4.85. The quantitative estimate of drug-likeness (QED) is 0.806. The zero-order valence-electron chi connectivity index (χ0n) is 11.2. The van der Waals surface area contributed by atoms with E-state index in [4.69, 9.17) is 5.73 Å². The Bertz CT molecular complexity index is 584. The number of halogens is 2. The molecule has 0 amide bonds. The van der Waals surface area contributed by atoms with Gasteiger partial charge in [-0.05, 0) is 41.8 Å². The van der Waals surface area contributed by atoms with Gasteiger partial charge in [-0.1, -0.05) is 56.1 Å². The lowest BCUT2D eigenvalue weighted by Gasteiger charge is -2.23. The third kappa shape index (κ3) is 3.50. The number of nitrogens with two attached hydrogens (primary N) is 1. The molecule has 0 spiro atoms. The summed E-state index contributed by atoms with van der Waals surface area (Å²) in [7, 11) is 0. The predicted octanol–water partition coefficient (Wildman–Crippen LogP) is 4.30. The topological polar surface area (TPSA) is 46.2 Å². The van der Waals surface area contributed by atoms with Crippen molar-refractivity contribution in [3.05, 3.63) is 68.1 Å². The first-order valence-corrected chi connectivity index (χ1v) is 8.01. The maximum absolute atomic E-state index is 10.6. The van der Waals surface area contributed by atoms with Gasteiger partial charge in [0.1, 0.15) is 0 Å². The van der Waals surface area contributed by atoms with Crippen LogP contribution in [0.2, 0.25) is 0 Å². The fourth-order valence-electron chi connectivity index (χ4n) is 2.24. The number of hydrogen-bond donors (Lipinski definition) is 2. The third-order valence-electron chi connectivity index (χ3n) is 3.46. The molecular formula is C16H17Br2NO. The van der Waals surface area contributed by atoms with Crippen LogP contribution in [-0.4, -0.2) is 11.7 Å². The Balaban J connectivity index is 2.30. The number of aliphatic hydroxyl groups is 1. The highest BCUT2D eigenvalue weighted by molar-refractivity contribution is 9.10. The highest BCUT2D eigenvalue weighted by Crippen LogP contribution is 2.32. The van der Waals surface area contributed by atoms with Crippen molar-refractivity contribution in [2.75, 3.05) is 6.54 Å². The van der Waals surface area contributed by atoms with Crippen molar-refractivity contribution in [1.82, 2.24) is 0 Å². The first kappa shape index (κ1) is 15.7. The van der Waals surface area contributed by atoms with E-state index in [1.165, 1.54) is 0 Å². The Kier molecular flexibility index (Phi) is 5.38. The minimum atomic E-state index is -0.604. The van der Waals surface area contributed by atoms with E-state index in [1.54, 1.807) is 0 Å². The molecule has 4 heteroatoms. The molecular weight excluding hydrogens is 382 g/mol. The molecule has 0 aliphatic rings. The van der Waals surface area contributed by atoms with Crippen molar-refractivity contribution in [1.29, 1.82) is 0 Å². The summed E-state index contributed by atoms with van der Waals surface area (Å²) in [5.41, 5.74) is 8.91. The standard InChI is InChI=1S/C16H17Br2NO/c1-10-8-12(4-7-15(10)18)16(20)14(9-19)11-2-5-13(17)6-3-11/h2-8,14,16,20H,9,19H2,1H3. The summed E-state index contributed by atoms with van der Waals surface area (Å²) < 4.78 is 2.06. The highest BCUT2D eigenvalue weighted by Gasteiger charge is 2.21. The number of aliphatic hydroxyl groups excluding tert-OH is 1. The van der Waals surface area contributed by atoms with Gasteiger partial charge in [0.15, 0.2) is 0 Å². The summed E-state index contributed by atoms with van der Waals surface area (Å²) in [6.07, 6.45) is -0.604. The number of aryl methyl sites for hydroxylation is 1.